The first kappa shape index (κ1) is 27.5. The van der Waals surface area contributed by atoms with Crippen LogP contribution in [0.3, 0.4) is 0 Å². The van der Waals surface area contributed by atoms with Gasteiger partial charge in [-0.05, 0) is 74.4 Å². The van der Waals surface area contributed by atoms with Crippen LogP contribution in [-0.4, -0.2) is 63.7 Å². The standard InChI is InChI=1S/C26H38O9/c1-16-24(8,33-21(3,4)29)26(10)25(9,34-22(5,6)35-26)23(7,32-16)15-30-20(28)18-13-11-12-14-19(18)31-17(2)27/h11-14,16,29H,15H2,1-10H3/t16-,23?,24?,25+,26?/m0/s1. The monoisotopic (exact) mass is 494 g/mol. The van der Waals surface area contributed by atoms with Gasteiger partial charge >= 0.3 is 11.9 Å². The van der Waals surface area contributed by atoms with E-state index in [9.17, 15) is 14.7 Å². The summed E-state index contributed by atoms with van der Waals surface area (Å²) < 4.78 is 36.5. The minimum absolute atomic E-state index is 0.108. The number of rotatable bonds is 6. The number of fused-ring (bicyclic) bond motifs is 1. The largest absolute Gasteiger partial charge is 0.459 e. The van der Waals surface area contributed by atoms with Crippen molar-refractivity contribution in [2.24, 2.45) is 0 Å². The van der Waals surface area contributed by atoms with Crippen LogP contribution < -0.4 is 4.74 Å². The van der Waals surface area contributed by atoms with E-state index >= 15 is 0 Å². The number of benzene rings is 1. The van der Waals surface area contributed by atoms with Crippen LogP contribution in [0.4, 0.5) is 0 Å². The lowest BCUT2D eigenvalue weighted by molar-refractivity contribution is -0.383. The van der Waals surface area contributed by atoms with Crippen LogP contribution in [0.15, 0.2) is 24.3 Å². The molecule has 1 N–H and O–H groups in total. The van der Waals surface area contributed by atoms with Crippen molar-refractivity contribution in [1.29, 1.82) is 0 Å². The molecule has 35 heavy (non-hydrogen) atoms. The molecule has 9 nitrogen and oxygen atoms in total. The second kappa shape index (κ2) is 8.52. The van der Waals surface area contributed by atoms with Gasteiger partial charge in [0.05, 0.1) is 6.10 Å². The van der Waals surface area contributed by atoms with Crippen molar-refractivity contribution >= 4 is 11.9 Å². The Kier molecular flexibility index (Phi) is 6.71. The number of ether oxygens (including phenoxy) is 6. The zero-order valence-corrected chi connectivity index (χ0v) is 22.3. The van der Waals surface area contributed by atoms with E-state index in [0.717, 1.165) is 0 Å². The van der Waals surface area contributed by atoms with Crippen molar-refractivity contribution in [3.05, 3.63) is 29.8 Å². The zero-order valence-electron chi connectivity index (χ0n) is 22.3. The summed E-state index contributed by atoms with van der Waals surface area (Å²) in [6.07, 6.45) is -0.596. The molecule has 2 fully saturated rings. The molecule has 2 aliphatic heterocycles. The van der Waals surface area contributed by atoms with E-state index in [4.69, 9.17) is 28.4 Å². The summed E-state index contributed by atoms with van der Waals surface area (Å²) in [4.78, 5) is 24.5. The Balaban J connectivity index is 1.97. The molecule has 2 aliphatic rings. The molecule has 1 aromatic rings. The minimum Gasteiger partial charge on any atom is -0.459 e. The number of hydrogen-bond donors (Lipinski definition) is 1. The van der Waals surface area contributed by atoms with Gasteiger partial charge in [-0.3, -0.25) is 4.79 Å². The van der Waals surface area contributed by atoms with Gasteiger partial charge in [0.2, 0.25) is 0 Å². The van der Waals surface area contributed by atoms with E-state index in [1.165, 1.54) is 19.1 Å². The summed E-state index contributed by atoms with van der Waals surface area (Å²) in [5.41, 5.74) is -4.51. The van der Waals surface area contributed by atoms with Gasteiger partial charge in [-0.2, -0.15) is 0 Å². The molecule has 5 atom stereocenters. The van der Waals surface area contributed by atoms with Crippen LogP contribution in [-0.2, 0) is 28.5 Å². The SMILES string of the molecule is CC(=O)Oc1ccccc1C(=O)OCC1(C)O[C@@H](C)C(C)(OC(C)(C)O)C2(C)OC(C)(C)O[C@]12C. The van der Waals surface area contributed by atoms with E-state index in [1.807, 2.05) is 27.7 Å². The molecule has 0 aliphatic carbocycles. The van der Waals surface area contributed by atoms with Gasteiger partial charge in [0.15, 0.2) is 11.6 Å². The smallest absolute Gasteiger partial charge is 0.342 e. The second-order valence-corrected chi connectivity index (χ2v) is 11.0. The van der Waals surface area contributed by atoms with Crippen molar-refractivity contribution in [1.82, 2.24) is 0 Å². The molecule has 0 spiro atoms. The third kappa shape index (κ3) is 4.60. The van der Waals surface area contributed by atoms with Crippen LogP contribution in [0.2, 0.25) is 0 Å². The molecule has 3 rings (SSSR count). The lowest BCUT2D eigenvalue weighted by Crippen LogP contribution is -2.81. The molecule has 196 valence electrons. The summed E-state index contributed by atoms with van der Waals surface area (Å²) >= 11 is 0. The highest BCUT2D eigenvalue weighted by Gasteiger charge is 2.78. The van der Waals surface area contributed by atoms with E-state index in [1.54, 1.807) is 46.8 Å². The predicted molar refractivity (Wildman–Crippen MR) is 126 cm³/mol. The van der Waals surface area contributed by atoms with Crippen LogP contribution in [0.1, 0.15) is 79.6 Å². The predicted octanol–water partition coefficient (Wildman–Crippen LogP) is 3.75. The normalized spacial score (nSPS) is 36.4. The summed E-state index contributed by atoms with van der Waals surface area (Å²) in [7, 11) is 0. The highest BCUT2D eigenvalue weighted by molar-refractivity contribution is 5.93. The maximum atomic E-state index is 13.0. The number of aliphatic hydroxyl groups is 1. The van der Waals surface area contributed by atoms with E-state index in [0.29, 0.717) is 0 Å². The molecule has 2 saturated heterocycles. The molecular weight excluding hydrogens is 456 g/mol. The zero-order chi connectivity index (χ0) is 26.7. The van der Waals surface area contributed by atoms with Crippen LogP contribution >= 0.6 is 0 Å². The van der Waals surface area contributed by atoms with Gasteiger partial charge in [-0.15, -0.1) is 0 Å². The number of carbonyl (C=O) groups is 2. The molecule has 0 amide bonds. The van der Waals surface area contributed by atoms with E-state index < -0.39 is 52.0 Å². The second-order valence-electron chi connectivity index (χ2n) is 11.0. The summed E-state index contributed by atoms with van der Waals surface area (Å²) in [6, 6.07) is 6.35. The van der Waals surface area contributed by atoms with Gasteiger partial charge in [0, 0.05) is 6.92 Å². The van der Waals surface area contributed by atoms with Gasteiger partial charge < -0.3 is 33.5 Å². The highest BCUT2D eigenvalue weighted by atomic mass is 16.8. The van der Waals surface area contributed by atoms with Crippen molar-refractivity contribution in [3.63, 3.8) is 0 Å². The van der Waals surface area contributed by atoms with E-state index in [2.05, 4.69) is 0 Å². The first-order chi connectivity index (χ1) is 15.8. The van der Waals surface area contributed by atoms with Gasteiger partial charge in [0.1, 0.15) is 40.3 Å². The first-order valence-electron chi connectivity index (χ1n) is 11.7. The number of carbonyl (C=O) groups excluding carboxylic acids is 2. The third-order valence-electron chi connectivity index (χ3n) is 7.28. The van der Waals surface area contributed by atoms with Crippen molar-refractivity contribution in [2.75, 3.05) is 6.61 Å². The van der Waals surface area contributed by atoms with Crippen LogP contribution in [0, 0.1) is 0 Å². The number of para-hydroxylation sites is 1. The Morgan fingerprint density at radius 2 is 1.60 bits per heavy atom. The van der Waals surface area contributed by atoms with Crippen LogP contribution in [0.25, 0.3) is 0 Å². The molecule has 1 aromatic carbocycles. The highest BCUT2D eigenvalue weighted by Crippen LogP contribution is 2.61. The van der Waals surface area contributed by atoms with Gasteiger partial charge in [-0.1, -0.05) is 12.1 Å². The summed E-state index contributed by atoms with van der Waals surface area (Å²) in [5.74, 6) is -3.61. The number of esters is 2. The Morgan fingerprint density at radius 1 is 1.03 bits per heavy atom. The molecule has 9 heteroatoms. The average molecular weight is 495 g/mol. The molecule has 0 saturated carbocycles. The number of hydrogen-bond acceptors (Lipinski definition) is 9. The minimum atomic E-state index is -1.48. The first-order valence-corrected chi connectivity index (χ1v) is 11.7. The Morgan fingerprint density at radius 3 is 2.17 bits per heavy atom. The fraction of sp³-hybridized carbons (Fsp3) is 0.692. The molecular formula is C26H38O9. The Labute approximate surface area is 207 Å². The van der Waals surface area contributed by atoms with E-state index in [-0.39, 0.29) is 17.9 Å². The average Bonchev–Trinajstić information content (AvgIpc) is 2.90. The molecule has 0 radical (unpaired) electrons. The molecule has 0 aromatic heterocycles. The van der Waals surface area contributed by atoms with Gasteiger partial charge in [0.25, 0.3) is 0 Å². The molecule has 0 bridgehead atoms. The molecule has 2 heterocycles. The molecule has 3 unspecified atom stereocenters. The van der Waals surface area contributed by atoms with Crippen molar-refractivity contribution in [2.45, 2.75) is 109 Å². The van der Waals surface area contributed by atoms with Crippen molar-refractivity contribution in [3.8, 4) is 5.75 Å². The quantitative estimate of drug-likeness (QED) is 0.359. The maximum Gasteiger partial charge on any atom is 0.342 e. The lowest BCUT2D eigenvalue weighted by Gasteiger charge is -2.63. The Hall–Kier alpha value is -2.04. The summed E-state index contributed by atoms with van der Waals surface area (Å²) in [6.45, 7) is 16.9. The fourth-order valence-electron chi connectivity index (χ4n) is 5.42. The van der Waals surface area contributed by atoms with Crippen LogP contribution in [0.5, 0.6) is 5.75 Å². The fourth-order valence-corrected chi connectivity index (χ4v) is 5.42. The maximum absolute atomic E-state index is 13.0. The Bertz CT molecular complexity index is 999. The van der Waals surface area contributed by atoms with Crippen molar-refractivity contribution < 1.29 is 43.1 Å². The summed E-state index contributed by atoms with van der Waals surface area (Å²) in [5, 5.41) is 10.5. The van der Waals surface area contributed by atoms with Gasteiger partial charge in [-0.25, -0.2) is 4.79 Å². The lowest BCUT2D eigenvalue weighted by atomic mass is 9.62. The third-order valence-corrected chi connectivity index (χ3v) is 7.28. The topological polar surface area (TPSA) is 110 Å².